The van der Waals surface area contributed by atoms with Crippen LogP contribution < -0.4 is 10.6 Å². The van der Waals surface area contributed by atoms with Crippen LogP contribution in [0.5, 0.6) is 0 Å². The highest BCUT2D eigenvalue weighted by Gasteiger charge is 2.31. The Morgan fingerprint density at radius 3 is 2.22 bits per heavy atom. The molecule has 45 heavy (non-hydrogen) atoms. The molecule has 0 radical (unpaired) electrons. The highest BCUT2D eigenvalue weighted by Crippen LogP contribution is 2.46. The zero-order chi connectivity index (χ0) is 32.4. The summed E-state index contributed by atoms with van der Waals surface area (Å²) in [5, 5.41) is 14.6. The number of rotatable bonds is 22. The highest BCUT2D eigenvalue weighted by molar-refractivity contribution is 5.98. The first-order chi connectivity index (χ1) is 21.8. The second kappa shape index (κ2) is 19.7. The van der Waals surface area contributed by atoms with Crippen LogP contribution in [0.4, 0.5) is 5.69 Å². The fourth-order valence-electron chi connectivity index (χ4n) is 5.22. The van der Waals surface area contributed by atoms with Crippen molar-refractivity contribution in [3.8, 4) is 11.1 Å². The van der Waals surface area contributed by atoms with E-state index in [0.717, 1.165) is 41.5 Å². The zero-order valence-corrected chi connectivity index (χ0v) is 26.7. The minimum Gasteiger partial charge on any atom is -0.465 e. The van der Waals surface area contributed by atoms with E-state index in [2.05, 4.69) is 17.6 Å². The molecular formula is C35H48N2O8. The van der Waals surface area contributed by atoms with Gasteiger partial charge in [0.2, 0.25) is 11.8 Å². The lowest BCUT2D eigenvalue weighted by atomic mass is 9.94. The fraction of sp³-hybridized carbons (Fsp3) is 0.543. The molecule has 10 heteroatoms. The molecule has 1 unspecified atom stereocenters. The maximum Gasteiger partial charge on any atom is 0.302 e. The van der Waals surface area contributed by atoms with Crippen LogP contribution in [0.1, 0.15) is 99.0 Å². The lowest BCUT2D eigenvalue weighted by molar-refractivity contribution is -0.141. The second-order valence-corrected chi connectivity index (χ2v) is 11.2. The van der Waals surface area contributed by atoms with Gasteiger partial charge < -0.3 is 30.0 Å². The molecule has 1 aliphatic carbocycles. The molecule has 2 aromatic carbocycles. The van der Waals surface area contributed by atoms with Crippen LogP contribution in [-0.2, 0) is 28.6 Å². The molecule has 1 aliphatic rings. The number of fused-ring (bicyclic) bond motifs is 3. The molecule has 0 heterocycles. The molecule has 0 saturated heterocycles. The molecule has 2 aromatic rings. The summed E-state index contributed by atoms with van der Waals surface area (Å²) in [6, 6.07) is 11.3. The number of amides is 2. The van der Waals surface area contributed by atoms with Crippen molar-refractivity contribution in [3.05, 3.63) is 53.1 Å². The minimum atomic E-state index is -0.395. The second-order valence-electron chi connectivity index (χ2n) is 11.2. The number of ether oxygens (including phenoxy) is 3. The molecule has 1 atom stereocenters. The van der Waals surface area contributed by atoms with E-state index in [0.29, 0.717) is 69.9 Å². The smallest absolute Gasteiger partial charge is 0.302 e. The van der Waals surface area contributed by atoms with Gasteiger partial charge in [-0.25, -0.2) is 0 Å². The first-order valence-corrected chi connectivity index (χ1v) is 16.1. The summed E-state index contributed by atoms with van der Waals surface area (Å²) in [5.41, 5.74) is 4.95. The number of nitrogens with one attached hydrogen (secondary N) is 2. The molecule has 10 nitrogen and oxygen atoms in total. The van der Waals surface area contributed by atoms with Crippen LogP contribution in [0.2, 0.25) is 0 Å². The first kappa shape index (κ1) is 35.9. The first-order valence-electron chi connectivity index (χ1n) is 16.1. The summed E-state index contributed by atoms with van der Waals surface area (Å²) in [6.45, 7) is 6.40. The number of hydrogen-bond acceptors (Lipinski definition) is 8. The van der Waals surface area contributed by atoms with Crippen LogP contribution in [-0.4, -0.2) is 74.9 Å². The van der Waals surface area contributed by atoms with Crippen LogP contribution in [0.3, 0.4) is 0 Å². The van der Waals surface area contributed by atoms with Gasteiger partial charge in [0.1, 0.15) is 6.61 Å². The Hall–Kier alpha value is -3.60. The molecule has 3 rings (SSSR count). The minimum absolute atomic E-state index is 0.0147. The summed E-state index contributed by atoms with van der Waals surface area (Å²) in [5.74, 6) is -0.962. The van der Waals surface area contributed by atoms with Crippen molar-refractivity contribution in [2.24, 2.45) is 0 Å². The van der Waals surface area contributed by atoms with Crippen LogP contribution >= 0.6 is 0 Å². The molecule has 0 spiro atoms. The average Bonchev–Trinajstić information content (AvgIpc) is 3.33. The number of hydrogen-bond donors (Lipinski definition) is 3. The lowest BCUT2D eigenvalue weighted by Crippen LogP contribution is -2.27. The molecule has 246 valence electrons. The number of carbonyl (C=O) groups excluding carboxylic acids is 4. The quantitative estimate of drug-likeness (QED) is 0.0928. The standard InChI is InChI=1S/C35H48N2O8/c1-3-4-18-44-21-16-36-34(41)10-7-11-35(42)37-27-13-15-29-28-14-12-26(33(40)9-8-20-43-19-6-5-17-38)22-30(28)32(31(29)23-27)24-45-25(2)39/h12-15,22-23,32,38H,3-11,16-21,24H2,1-2H3,(H,36,41)(H,37,42). The maximum atomic E-state index is 13.0. The van der Waals surface area contributed by atoms with Crippen molar-refractivity contribution in [2.45, 2.75) is 77.6 Å². The monoisotopic (exact) mass is 624 g/mol. The summed E-state index contributed by atoms with van der Waals surface area (Å²) >= 11 is 0. The third-order valence-corrected chi connectivity index (χ3v) is 7.61. The molecular weight excluding hydrogens is 576 g/mol. The Kier molecular flexibility index (Phi) is 15.7. The number of ketones is 1. The number of Topliss-reactive ketones (excluding diaryl/α,β-unsaturated/α-hetero) is 1. The van der Waals surface area contributed by atoms with Gasteiger partial charge in [-0.15, -0.1) is 0 Å². The maximum absolute atomic E-state index is 13.0. The summed E-state index contributed by atoms with van der Waals surface area (Å²) in [6.07, 6.45) is 5.40. The number of carbonyl (C=O) groups is 4. The molecule has 0 aliphatic heterocycles. The van der Waals surface area contributed by atoms with E-state index in [9.17, 15) is 19.2 Å². The number of esters is 1. The molecule has 0 fully saturated rings. The highest BCUT2D eigenvalue weighted by atomic mass is 16.5. The van der Waals surface area contributed by atoms with E-state index >= 15 is 0 Å². The van der Waals surface area contributed by atoms with E-state index in [-0.39, 0.29) is 49.6 Å². The van der Waals surface area contributed by atoms with Gasteiger partial charge in [0.15, 0.2) is 5.78 Å². The van der Waals surface area contributed by atoms with E-state index in [1.54, 1.807) is 0 Å². The average molecular weight is 625 g/mol. The molecule has 0 saturated carbocycles. The van der Waals surface area contributed by atoms with Gasteiger partial charge in [-0.3, -0.25) is 19.2 Å². The number of aliphatic hydroxyl groups is 1. The summed E-state index contributed by atoms with van der Waals surface area (Å²) in [7, 11) is 0. The van der Waals surface area contributed by atoms with E-state index in [1.807, 2.05) is 36.4 Å². The number of benzene rings is 2. The number of unbranched alkanes of at least 4 members (excludes halogenated alkanes) is 2. The van der Waals surface area contributed by atoms with E-state index in [1.165, 1.54) is 6.92 Å². The van der Waals surface area contributed by atoms with Gasteiger partial charge in [-0.05, 0) is 72.6 Å². The topological polar surface area (TPSA) is 140 Å². The van der Waals surface area contributed by atoms with Crippen molar-refractivity contribution in [1.82, 2.24) is 5.32 Å². The number of aliphatic hydroxyl groups excluding tert-OH is 1. The largest absolute Gasteiger partial charge is 0.465 e. The van der Waals surface area contributed by atoms with Crippen molar-refractivity contribution in [2.75, 3.05) is 51.5 Å². The van der Waals surface area contributed by atoms with Crippen molar-refractivity contribution in [1.29, 1.82) is 0 Å². The van der Waals surface area contributed by atoms with E-state index < -0.39 is 5.97 Å². The van der Waals surface area contributed by atoms with Crippen LogP contribution in [0.25, 0.3) is 11.1 Å². The van der Waals surface area contributed by atoms with Gasteiger partial charge in [0.05, 0.1) is 6.61 Å². The predicted octanol–water partition coefficient (Wildman–Crippen LogP) is 5.16. The van der Waals surface area contributed by atoms with E-state index in [4.69, 9.17) is 19.3 Å². The Balaban J connectivity index is 1.56. The van der Waals surface area contributed by atoms with Gasteiger partial charge in [0, 0.05) is 76.3 Å². The third-order valence-electron chi connectivity index (χ3n) is 7.61. The SMILES string of the molecule is CCCCOCCNC(=O)CCCC(=O)Nc1ccc2c(c1)C(COC(C)=O)c1cc(C(=O)CCCOCCCCO)ccc1-2. The summed E-state index contributed by atoms with van der Waals surface area (Å²) < 4.78 is 16.4. The van der Waals surface area contributed by atoms with Crippen LogP contribution in [0.15, 0.2) is 36.4 Å². The van der Waals surface area contributed by atoms with Crippen molar-refractivity contribution >= 4 is 29.3 Å². The van der Waals surface area contributed by atoms with Crippen molar-refractivity contribution in [3.63, 3.8) is 0 Å². The normalized spacial score (nSPS) is 13.2. The Morgan fingerprint density at radius 1 is 0.778 bits per heavy atom. The predicted molar refractivity (Wildman–Crippen MR) is 172 cm³/mol. The van der Waals surface area contributed by atoms with Crippen molar-refractivity contribution < 1.29 is 38.5 Å². The molecule has 2 amide bonds. The molecule has 0 aromatic heterocycles. The van der Waals surface area contributed by atoms with Gasteiger partial charge >= 0.3 is 5.97 Å². The third kappa shape index (κ3) is 12.0. The molecule has 0 bridgehead atoms. The zero-order valence-electron chi connectivity index (χ0n) is 26.7. The Bertz CT molecular complexity index is 1280. The Labute approximate surface area is 266 Å². The van der Waals surface area contributed by atoms with Gasteiger partial charge in [-0.1, -0.05) is 31.5 Å². The summed E-state index contributed by atoms with van der Waals surface area (Å²) in [4.78, 5) is 49.4. The lowest BCUT2D eigenvalue weighted by Gasteiger charge is -2.15. The van der Waals surface area contributed by atoms with Crippen LogP contribution in [0, 0.1) is 0 Å². The number of anilines is 1. The van der Waals surface area contributed by atoms with Gasteiger partial charge in [-0.2, -0.15) is 0 Å². The van der Waals surface area contributed by atoms with Gasteiger partial charge in [0.25, 0.3) is 0 Å². The molecule has 3 N–H and O–H groups in total. The fourth-order valence-corrected chi connectivity index (χ4v) is 5.22. The Morgan fingerprint density at radius 2 is 1.47 bits per heavy atom.